The molecule has 3 nitrogen and oxygen atoms in total. The molecule has 0 aliphatic heterocycles. The van der Waals surface area contributed by atoms with Crippen LogP contribution in [-0.2, 0) is 11.0 Å². The number of carbonyl (C=O) groups excluding carboxylic acids is 1. The molecule has 0 aliphatic carbocycles. The quantitative estimate of drug-likeness (QED) is 0.587. The van der Waals surface area contributed by atoms with Crippen LogP contribution >= 0.6 is 11.6 Å². The largest absolute Gasteiger partial charge is 0.416 e. The SMILES string of the molecule is O=C(CNc1cc(C(F)(F)F)ccc1Cl)Nc1ccc(F)c(F)c1F. The highest BCUT2D eigenvalue weighted by Crippen LogP contribution is 2.33. The van der Waals surface area contributed by atoms with E-state index in [4.69, 9.17) is 11.6 Å². The summed E-state index contributed by atoms with van der Waals surface area (Å²) in [6.45, 7) is -0.584. The molecule has 0 unspecified atom stereocenters. The Morgan fingerprint density at radius 2 is 1.68 bits per heavy atom. The van der Waals surface area contributed by atoms with Crippen molar-refractivity contribution >= 4 is 28.9 Å². The van der Waals surface area contributed by atoms with Crippen LogP contribution in [-0.4, -0.2) is 12.5 Å². The fraction of sp³-hybridized carbons (Fsp3) is 0.133. The maximum Gasteiger partial charge on any atom is 0.416 e. The fourth-order valence-corrected chi connectivity index (χ4v) is 2.01. The number of amides is 1. The van der Waals surface area contributed by atoms with E-state index in [0.717, 1.165) is 18.2 Å². The summed E-state index contributed by atoms with van der Waals surface area (Å²) in [7, 11) is 0. The van der Waals surface area contributed by atoms with Gasteiger partial charge in [-0.2, -0.15) is 13.2 Å². The van der Waals surface area contributed by atoms with E-state index in [1.807, 2.05) is 5.32 Å². The van der Waals surface area contributed by atoms with Gasteiger partial charge in [-0.05, 0) is 30.3 Å². The molecule has 0 atom stereocenters. The van der Waals surface area contributed by atoms with Crippen molar-refractivity contribution in [3.63, 3.8) is 0 Å². The molecule has 25 heavy (non-hydrogen) atoms. The molecule has 0 heterocycles. The summed E-state index contributed by atoms with van der Waals surface area (Å²) in [6.07, 6.45) is -4.60. The average Bonchev–Trinajstić information content (AvgIpc) is 2.53. The summed E-state index contributed by atoms with van der Waals surface area (Å²) in [4.78, 5) is 11.7. The number of hydrogen-bond donors (Lipinski definition) is 2. The third kappa shape index (κ3) is 4.56. The molecular weight excluding hydrogens is 374 g/mol. The second kappa shape index (κ2) is 7.22. The zero-order valence-corrected chi connectivity index (χ0v) is 12.9. The highest BCUT2D eigenvalue weighted by Gasteiger charge is 2.31. The van der Waals surface area contributed by atoms with E-state index in [9.17, 15) is 31.1 Å². The molecule has 1 amide bonds. The van der Waals surface area contributed by atoms with Gasteiger partial charge in [0.25, 0.3) is 0 Å². The number of hydrogen-bond acceptors (Lipinski definition) is 2. The van der Waals surface area contributed by atoms with Gasteiger partial charge in [-0.3, -0.25) is 4.79 Å². The smallest absolute Gasteiger partial charge is 0.375 e. The Kier molecular flexibility index (Phi) is 5.46. The number of alkyl halides is 3. The molecule has 2 aromatic rings. The van der Waals surface area contributed by atoms with Crippen molar-refractivity contribution in [2.75, 3.05) is 17.2 Å². The summed E-state index contributed by atoms with van der Waals surface area (Å²) in [5.74, 6) is -5.68. The van der Waals surface area contributed by atoms with Crippen LogP contribution in [0.4, 0.5) is 37.7 Å². The zero-order chi connectivity index (χ0) is 18.8. The van der Waals surface area contributed by atoms with Gasteiger partial charge in [0.2, 0.25) is 5.91 Å². The molecule has 0 aliphatic rings. The molecule has 0 spiro atoms. The van der Waals surface area contributed by atoms with Crippen molar-refractivity contribution in [1.82, 2.24) is 0 Å². The summed E-state index contributed by atoms with van der Waals surface area (Å²) < 4.78 is 77.2. The topological polar surface area (TPSA) is 41.1 Å². The lowest BCUT2D eigenvalue weighted by molar-refractivity contribution is -0.137. The van der Waals surface area contributed by atoms with E-state index in [0.29, 0.717) is 12.1 Å². The Labute approximate surface area is 142 Å². The number of anilines is 2. The predicted octanol–water partition coefficient (Wildman–Crippen LogP) is 4.83. The van der Waals surface area contributed by atoms with Gasteiger partial charge in [0, 0.05) is 0 Å². The normalized spacial score (nSPS) is 11.3. The Morgan fingerprint density at radius 3 is 2.32 bits per heavy atom. The monoisotopic (exact) mass is 382 g/mol. The lowest BCUT2D eigenvalue weighted by Crippen LogP contribution is -2.23. The molecule has 0 saturated heterocycles. The van der Waals surface area contributed by atoms with Crippen molar-refractivity contribution in [2.24, 2.45) is 0 Å². The highest BCUT2D eigenvalue weighted by molar-refractivity contribution is 6.33. The van der Waals surface area contributed by atoms with Crippen LogP contribution in [0.25, 0.3) is 0 Å². The Morgan fingerprint density at radius 1 is 1.00 bits per heavy atom. The standard InChI is InChI=1S/C15H9ClF6N2O/c16-8-2-1-7(15(20,21)22)5-11(8)23-6-12(25)24-10-4-3-9(17)13(18)14(10)19/h1-5,23H,6H2,(H,24,25). The fourth-order valence-electron chi connectivity index (χ4n) is 1.83. The van der Waals surface area contributed by atoms with Crippen LogP contribution < -0.4 is 10.6 Å². The van der Waals surface area contributed by atoms with Crippen molar-refractivity contribution < 1.29 is 31.1 Å². The first-order valence-electron chi connectivity index (χ1n) is 6.63. The third-order valence-electron chi connectivity index (χ3n) is 3.04. The van der Waals surface area contributed by atoms with Crippen LogP contribution in [0.15, 0.2) is 30.3 Å². The number of carbonyl (C=O) groups is 1. The third-order valence-corrected chi connectivity index (χ3v) is 3.37. The van der Waals surface area contributed by atoms with Crippen LogP contribution in [0.1, 0.15) is 5.56 Å². The highest BCUT2D eigenvalue weighted by atomic mass is 35.5. The van der Waals surface area contributed by atoms with Crippen molar-refractivity contribution in [2.45, 2.75) is 6.18 Å². The molecule has 2 aromatic carbocycles. The number of nitrogens with one attached hydrogen (secondary N) is 2. The minimum absolute atomic E-state index is 0.0696. The van der Waals surface area contributed by atoms with Gasteiger partial charge in [0.1, 0.15) is 0 Å². The van der Waals surface area contributed by atoms with E-state index >= 15 is 0 Å². The second-order valence-corrected chi connectivity index (χ2v) is 5.22. The van der Waals surface area contributed by atoms with E-state index in [1.54, 1.807) is 0 Å². The van der Waals surface area contributed by atoms with E-state index in [1.165, 1.54) is 0 Å². The Bertz CT molecular complexity index is 809. The maximum absolute atomic E-state index is 13.4. The molecule has 0 radical (unpaired) electrons. The maximum atomic E-state index is 13.4. The average molecular weight is 383 g/mol. The molecule has 2 N–H and O–H groups in total. The van der Waals surface area contributed by atoms with E-state index in [-0.39, 0.29) is 10.7 Å². The minimum atomic E-state index is -4.60. The lowest BCUT2D eigenvalue weighted by Gasteiger charge is -2.13. The number of halogens is 7. The zero-order valence-electron chi connectivity index (χ0n) is 12.1. The molecule has 0 bridgehead atoms. The van der Waals surface area contributed by atoms with Gasteiger partial charge in [-0.25, -0.2) is 13.2 Å². The summed E-state index contributed by atoms with van der Waals surface area (Å²) in [5, 5.41) is 4.25. The van der Waals surface area contributed by atoms with Crippen molar-refractivity contribution in [3.05, 3.63) is 58.4 Å². The Hall–Kier alpha value is -2.42. The first-order chi connectivity index (χ1) is 11.6. The van der Waals surface area contributed by atoms with Crippen LogP contribution in [0.3, 0.4) is 0 Å². The molecule has 0 saturated carbocycles. The predicted molar refractivity (Wildman–Crippen MR) is 79.9 cm³/mol. The first kappa shape index (κ1) is 18.9. The molecule has 2 rings (SSSR count). The molecule has 10 heteroatoms. The van der Waals surface area contributed by atoms with E-state index in [2.05, 4.69) is 5.32 Å². The molecule has 0 fully saturated rings. The van der Waals surface area contributed by atoms with Gasteiger partial charge in [-0.1, -0.05) is 11.6 Å². The minimum Gasteiger partial charge on any atom is -0.375 e. The van der Waals surface area contributed by atoms with Crippen LogP contribution in [0.5, 0.6) is 0 Å². The van der Waals surface area contributed by atoms with Crippen molar-refractivity contribution in [3.8, 4) is 0 Å². The second-order valence-electron chi connectivity index (χ2n) is 4.82. The number of rotatable bonds is 4. The van der Waals surface area contributed by atoms with E-state index < -0.39 is 47.3 Å². The van der Waals surface area contributed by atoms with Crippen molar-refractivity contribution in [1.29, 1.82) is 0 Å². The van der Waals surface area contributed by atoms with Gasteiger partial charge in [0.05, 0.1) is 28.5 Å². The lowest BCUT2D eigenvalue weighted by atomic mass is 10.2. The van der Waals surface area contributed by atoms with Crippen LogP contribution in [0, 0.1) is 17.5 Å². The first-order valence-corrected chi connectivity index (χ1v) is 7.01. The Balaban J connectivity index is 2.07. The van der Waals surface area contributed by atoms with Gasteiger partial charge < -0.3 is 10.6 Å². The summed E-state index contributed by atoms with van der Waals surface area (Å²) >= 11 is 5.74. The summed E-state index contributed by atoms with van der Waals surface area (Å²) in [6, 6.07) is 3.89. The van der Waals surface area contributed by atoms with Gasteiger partial charge in [-0.15, -0.1) is 0 Å². The summed E-state index contributed by atoms with van der Waals surface area (Å²) in [5.41, 5.74) is -1.76. The number of benzene rings is 2. The molecular formula is C15H9ClF6N2O. The van der Waals surface area contributed by atoms with Gasteiger partial charge in [0.15, 0.2) is 17.5 Å². The van der Waals surface area contributed by atoms with Gasteiger partial charge >= 0.3 is 6.18 Å². The molecule has 0 aromatic heterocycles. The molecule has 134 valence electrons. The van der Waals surface area contributed by atoms with Crippen LogP contribution in [0.2, 0.25) is 5.02 Å².